The first-order valence-corrected chi connectivity index (χ1v) is 8.58. The lowest BCUT2D eigenvalue weighted by Gasteiger charge is -2.11. The number of nitrogens with zero attached hydrogens (tertiary/aromatic N) is 2. The second-order valence-corrected chi connectivity index (χ2v) is 6.18. The number of benzene rings is 2. The van der Waals surface area contributed by atoms with Crippen molar-refractivity contribution in [3.63, 3.8) is 0 Å². The number of H-pyrrole nitrogens is 1. The predicted molar refractivity (Wildman–Crippen MR) is 103 cm³/mol. The van der Waals surface area contributed by atoms with Crippen LogP contribution in [0.5, 0.6) is 5.75 Å². The van der Waals surface area contributed by atoms with Crippen LogP contribution >= 0.6 is 0 Å². The van der Waals surface area contributed by atoms with Crippen LogP contribution in [0, 0.1) is 10.1 Å². The number of nitro benzene ring substituents is 1. The molecule has 1 heterocycles. The van der Waals surface area contributed by atoms with E-state index in [1.54, 1.807) is 12.1 Å². The van der Waals surface area contributed by atoms with Gasteiger partial charge in [0.25, 0.3) is 17.2 Å². The third kappa shape index (κ3) is 5.65. The lowest BCUT2D eigenvalue weighted by Crippen LogP contribution is -2.20. The molecule has 2 aromatic carbocycles. The van der Waals surface area contributed by atoms with Crippen LogP contribution in [0.3, 0.4) is 0 Å². The van der Waals surface area contributed by atoms with E-state index in [4.69, 9.17) is 0 Å². The summed E-state index contributed by atoms with van der Waals surface area (Å²) >= 11 is 0. The summed E-state index contributed by atoms with van der Waals surface area (Å²) in [6, 6.07) is 11.7. The van der Waals surface area contributed by atoms with Crippen molar-refractivity contribution < 1.29 is 27.6 Å². The summed E-state index contributed by atoms with van der Waals surface area (Å²) in [5.41, 5.74) is -0.290. The van der Waals surface area contributed by atoms with Crippen LogP contribution in [-0.4, -0.2) is 33.8 Å². The van der Waals surface area contributed by atoms with Crippen LogP contribution in [0.15, 0.2) is 59.4 Å². The molecule has 12 heteroatoms. The number of ether oxygens (including phenoxy) is 1. The zero-order valence-corrected chi connectivity index (χ0v) is 15.5. The minimum atomic E-state index is -4.61. The van der Waals surface area contributed by atoms with Crippen molar-refractivity contribution in [2.75, 3.05) is 11.9 Å². The average molecular weight is 434 g/mol. The van der Waals surface area contributed by atoms with Crippen LogP contribution in [0.4, 0.5) is 24.5 Å². The molecule has 0 bridgehead atoms. The molecule has 0 aliphatic carbocycles. The summed E-state index contributed by atoms with van der Waals surface area (Å²) in [5, 5.41) is 19.8. The van der Waals surface area contributed by atoms with E-state index in [2.05, 4.69) is 20.3 Å². The van der Waals surface area contributed by atoms with Crippen molar-refractivity contribution in [3.05, 3.63) is 80.6 Å². The normalized spacial score (nSPS) is 11.1. The van der Waals surface area contributed by atoms with Crippen LogP contribution < -0.4 is 15.6 Å². The summed E-state index contributed by atoms with van der Waals surface area (Å²) < 4.78 is 41.6. The predicted octanol–water partition coefficient (Wildman–Crippen LogP) is 3.54. The number of anilines is 1. The number of hydrogen-bond acceptors (Lipinski definition) is 6. The van der Waals surface area contributed by atoms with Gasteiger partial charge in [-0.05, 0) is 30.3 Å². The fraction of sp³-hybridized carbons (Fsp3) is 0.105. The van der Waals surface area contributed by atoms with Gasteiger partial charge in [0, 0.05) is 23.4 Å². The van der Waals surface area contributed by atoms with E-state index in [1.807, 2.05) is 0 Å². The van der Waals surface area contributed by atoms with Gasteiger partial charge in [-0.25, -0.2) is 5.10 Å². The van der Waals surface area contributed by atoms with Gasteiger partial charge in [-0.2, -0.15) is 18.3 Å². The number of alkyl halides is 3. The number of nitro groups is 1. The summed E-state index contributed by atoms with van der Waals surface area (Å²) in [4.78, 5) is 34.2. The summed E-state index contributed by atoms with van der Waals surface area (Å²) in [6.45, 7) is -1.61. The fourth-order valence-corrected chi connectivity index (χ4v) is 2.57. The molecule has 1 amide bonds. The van der Waals surface area contributed by atoms with Crippen LogP contribution in [0.1, 0.15) is 10.4 Å². The van der Waals surface area contributed by atoms with Crippen molar-refractivity contribution in [1.29, 1.82) is 0 Å². The molecular formula is C19H13F3N4O5. The third-order valence-corrected chi connectivity index (χ3v) is 3.91. The summed E-state index contributed by atoms with van der Waals surface area (Å²) in [7, 11) is 0. The second-order valence-electron chi connectivity index (χ2n) is 6.18. The lowest BCUT2D eigenvalue weighted by molar-refractivity contribution is -0.385. The zero-order chi connectivity index (χ0) is 22.6. The highest BCUT2D eigenvalue weighted by Crippen LogP contribution is 2.27. The number of nitrogens with one attached hydrogen (secondary N) is 2. The number of aromatic amines is 1. The minimum absolute atomic E-state index is 0.242. The first-order chi connectivity index (χ1) is 14.6. The van der Waals surface area contributed by atoms with Crippen molar-refractivity contribution in [1.82, 2.24) is 10.2 Å². The Balaban J connectivity index is 1.86. The van der Waals surface area contributed by atoms with E-state index in [-0.39, 0.29) is 11.4 Å². The van der Waals surface area contributed by atoms with Crippen LogP contribution in [0.25, 0.3) is 11.3 Å². The molecule has 0 saturated carbocycles. The molecule has 0 aliphatic rings. The molecule has 0 fully saturated rings. The van der Waals surface area contributed by atoms with Gasteiger partial charge in [-0.15, -0.1) is 0 Å². The molecule has 2 N–H and O–H groups in total. The quantitative estimate of drug-likeness (QED) is 0.451. The molecule has 0 saturated heterocycles. The van der Waals surface area contributed by atoms with Crippen LogP contribution in [0.2, 0.25) is 0 Å². The molecule has 0 unspecified atom stereocenters. The van der Waals surface area contributed by atoms with E-state index < -0.39 is 40.4 Å². The minimum Gasteiger partial charge on any atom is -0.484 e. The van der Waals surface area contributed by atoms with Gasteiger partial charge in [0.2, 0.25) is 0 Å². The van der Waals surface area contributed by atoms with Crippen molar-refractivity contribution in [2.45, 2.75) is 6.18 Å². The summed E-state index contributed by atoms with van der Waals surface area (Å²) in [6.07, 6.45) is -4.61. The van der Waals surface area contributed by atoms with Gasteiger partial charge < -0.3 is 10.1 Å². The van der Waals surface area contributed by atoms with Gasteiger partial charge in [-0.3, -0.25) is 19.7 Å². The van der Waals surface area contributed by atoms with Crippen molar-refractivity contribution in [2.24, 2.45) is 0 Å². The lowest BCUT2D eigenvalue weighted by atomic mass is 10.1. The molecule has 1 aromatic heterocycles. The smallest absolute Gasteiger partial charge is 0.422 e. The maximum atomic E-state index is 12.6. The number of hydrogen-bond donors (Lipinski definition) is 2. The number of rotatable bonds is 6. The van der Waals surface area contributed by atoms with Crippen LogP contribution in [-0.2, 0) is 0 Å². The first-order valence-electron chi connectivity index (χ1n) is 8.58. The highest BCUT2D eigenvalue weighted by atomic mass is 19.4. The Hall–Kier alpha value is -4.22. The van der Waals surface area contributed by atoms with Gasteiger partial charge >= 0.3 is 6.18 Å². The van der Waals surface area contributed by atoms with E-state index in [0.717, 1.165) is 18.2 Å². The molecule has 3 aromatic rings. The molecule has 160 valence electrons. The topological polar surface area (TPSA) is 127 Å². The molecule has 0 spiro atoms. The Morgan fingerprint density at radius 1 is 1.16 bits per heavy atom. The van der Waals surface area contributed by atoms with E-state index in [0.29, 0.717) is 11.3 Å². The average Bonchev–Trinajstić information content (AvgIpc) is 2.72. The van der Waals surface area contributed by atoms with Gasteiger partial charge in [0.1, 0.15) is 11.3 Å². The standard InChI is InChI=1S/C19H13F3N4O5/c20-19(21,22)10-31-13-4-6-16(26(29)30)14(9-13)18(28)23-12-3-1-2-11(8-12)15-5-7-17(27)25-24-15/h1-9H,10H2,(H,23,28)(H,25,27). The Bertz CT molecular complexity index is 1170. The highest BCUT2D eigenvalue weighted by Gasteiger charge is 2.29. The number of carbonyl (C=O) groups excluding carboxylic acids is 1. The molecule has 0 aliphatic heterocycles. The number of carbonyl (C=O) groups is 1. The Kier molecular flexibility index (Phi) is 6.00. The first kappa shape index (κ1) is 21.5. The van der Waals surface area contributed by atoms with Gasteiger partial charge in [-0.1, -0.05) is 12.1 Å². The number of halogens is 3. The Morgan fingerprint density at radius 3 is 2.58 bits per heavy atom. The summed E-state index contributed by atoms with van der Waals surface area (Å²) in [5.74, 6) is -1.27. The van der Waals surface area contributed by atoms with E-state index in [1.165, 1.54) is 24.3 Å². The maximum Gasteiger partial charge on any atom is 0.422 e. The Morgan fingerprint density at radius 2 is 1.94 bits per heavy atom. The monoisotopic (exact) mass is 434 g/mol. The molecule has 0 radical (unpaired) electrons. The molecule has 9 nitrogen and oxygen atoms in total. The SMILES string of the molecule is O=C(Nc1cccc(-c2ccc(=O)[nH]n2)c1)c1cc(OCC(F)(F)F)ccc1[N+](=O)[O-]. The number of amides is 1. The van der Waals surface area contributed by atoms with Gasteiger partial charge in [0.05, 0.1) is 10.6 Å². The van der Waals surface area contributed by atoms with Crippen molar-refractivity contribution in [3.8, 4) is 17.0 Å². The Labute approximate surface area is 171 Å². The van der Waals surface area contributed by atoms with E-state index >= 15 is 0 Å². The van der Waals surface area contributed by atoms with Gasteiger partial charge in [0.15, 0.2) is 6.61 Å². The second kappa shape index (κ2) is 8.65. The molecule has 31 heavy (non-hydrogen) atoms. The number of aromatic nitrogens is 2. The molecule has 0 atom stereocenters. The third-order valence-electron chi connectivity index (χ3n) is 3.91. The molecular weight excluding hydrogens is 421 g/mol. The maximum absolute atomic E-state index is 12.6. The largest absolute Gasteiger partial charge is 0.484 e. The molecule has 3 rings (SSSR count). The van der Waals surface area contributed by atoms with E-state index in [9.17, 15) is 32.9 Å². The fourth-order valence-electron chi connectivity index (χ4n) is 2.57. The highest BCUT2D eigenvalue weighted by molar-refractivity contribution is 6.07. The van der Waals surface area contributed by atoms with Crippen molar-refractivity contribution >= 4 is 17.3 Å². The zero-order valence-electron chi connectivity index (χ0n) is 15.5.